The van der Waals surface area contributed by atoms with Crippen molar-refractivity contribution in [2.45, 2.75) is 13.8 Å². The van der Waals surface area contributed by atoms with Crippen LogP contribution in [0.15, 0.2) is 71.8 Å². The summed E-state index contributed by atoms with van der Waals surface area (Å²) in [6.07, 6.45) is 1.75. The quantitative estimate of drug-likeness (QED) is 0.439. The monoisotopic (exact) mass is 350 g/mol. The highest BCUT2D eigenvalue weighted by atomic mass is 35.5. The number of rotatable bonds is 5. The summed E-state index contributed by atoms with van der Waals surface area (Å²) in [6, 6.07) is 21.4. The number of hydrogen-bond donors (Lipinski definition) is 1. The van der Waals surface area contributed by atoms with E-state index in [0.29, 0.717) is 5.02 Å². The van der Waals surface area contributed by atoms with E-state index in [1.54, 1.807) is 6.21 Å². The number of benzene rings is 3. The maximum atomic E-state index is 5.96. The summed E-state index contributed by atoms with van der Waals surface area (Å²) in [7, 11) is 0. The summed E-state index contributed by atoms with van der Waals surface area (Å²) in [6.45, 7) is 4.09. The second-order valence-corrected chi connectivity index (χ2v) is 6.26. The summed E-state index contributed by atoms with van der Waals surface area (Å²) >= 11 is 5.94. The molecule has 3 aromatic carbocycles. The average Bonchev–Trinajstić information content (AvgIpc) is 2.60. The number of anilines is 1. The van der Waals surface area contributed by atoms with E-state index in [0.717, 1.165) is 28.3 Å². The van der Waals surface area contributed by atoms with Crippen LogP contribution in [0.1, 0.15) is 16.7 Å². The Morgan fingerprint density at radius 3 is 2.52 bits per heavy atom. The Balaban J connectivity index is 1.64. The Morgan fingerprint density at radius 2 is 1.76 bits per heavy atom. The molecule has 126 valence electrons. The van der Waals surface area contributed by atoms with Crippen molar-refractivity contribution in [3.8, 4) is 11.5 Å². The van der Waals surface area contributed by atoms with Crippen LogP contribution in [0.25, 0.3) is 0 Å². The predicted molar refractivity (Wildman–Crippen MR) is 105 cm³/mol. The van der Waals surface area contributed by atoms with Gasteiger partial charge in [0.25, 0.3) is 0 Å². The number of ether oxygens (including phenoxy) is 1. The second kappa shape index (κ2) is 7.86. The van der Waals surface area contributed by atoms with E-state index in [9.17, 15) is 0 Å². The average molecular weight is 351 g/mol. The highest BCUT2D eigenvalue weighted by molar-refractivity contribution is 6.30. The van der Waals surface area contributed by atoms with Crippen LogP contribution in [0.5, 0.6) is 11.5 Å². The van der Waals surface area contributed by atoms with Crippen LogP contribution in [0.3, 0.4) is 0 Å². The van der Waals surface area contributed by atoms with Gasteiger partial charge in [-0.05, 0) is 79.1 Å². The number of nitrogens with one attached hydrogen (secondary N) is 1. The Kier molecular flexibility index (Phi) is 5.36. The molecule has 25 heavy (non-hydrogen) atoms. The van der Waals surface area contributed by atoms with Gasteiger partial charge in [-0.3, -0.25) is 5.43 Å². The lowest BCUT2D eigenvalue weighted by Crippen LogP contribution is -1.91. The smallest absolute Gasteiger partial charge is 0.130 e. The van der Waals surface area contributed by atoms with Crippen molar-refractivity contribution in [1.82, 2.24) is 0 Å². The van der Waals surface area contributed by atoms with Crippen molar-refractivity contribution in [2.75, 3.05) is 5.43 Å². The molecule has 0 aliphatic carbocycles. The van der Waals surface area contributed by atoms with E-state index in [1.165, 1.54) is 5.56 Å². The van der Waals surface area contributed by atoms with Crippen molar-refractivity contribution in [1.29, 1.82) is 0 Å². The van der Waals surface area contributed by atoms with Crippen molar-refractivity contribution in [3.63, 3.8) is 0 Å². The summed E-state index contributed by atoms with van der Waals surface area (Å²) in [5.74, 6) is 1.68. The third kappa shape index (κ3) is 4.85. The molecule has 3 nitrogen and oxygen atoms in total. The summed E-state index contributed by atoms with van der Waals surface area (Å²) in [5, 5.41) is 4.89. The molecule has 0 heterocycles. The van der Waals surface area contributed by atoms with Crippen LogP contribution in [0.2, 0.25) is 5.02 Å². The van der Waals surface area contributed by atoms with Crippen LogP contribution in [0.4, 0.5) is 5.69 Å². The Morgan fingerprint density at radius 1 is 0.960 bits per heavy atom. The minimum absolute atomic E-state index is 0.674. The fourth-order valence-corrected chi connectivity index (χ4v) is 2.50. The SMILES string of the molecule is Cc1ccc(C)c(Oc2ccc(C=NNc3cccc(Cl)c3)cc2)c1. The number of nitrogens with zero attached hydrogens (tertiary/aromatic N) is 1. The van der Waals surface area contributed by atoms with Gasteiger partial charge in [0.15, 0.2) is 0 Å². The first-order valence-corrected chi connectivity index (χ1v) is 8.38. The Bertz CT molecular complexity index is 889. The zero-order valence-electron chi connectivity index (χ0n) is 14.2. The molecule has 0 unspecified atom stereocenters. The van der Waals surface area contributed by atoms with Gasteiger partial charge < -0.3 is 4.74 Å². The molecule has 1 N–H and O–H groups in total. The normalized spacial score (nSPS) is 10.8. The van der Waals surface area contributed by atoms with Gasteiger partial charge in [0.1, 0.15) is 11.5 Å². The van der Waals surface area contributed by atoms with Crippen LogP contribution in [-0.2, 0) is 0 Å². The third-order valence-electron chi connectivity index (χ3n) is 3.68. The minimum Gasteiger partial charge on any atom is -0.457 e. The molecule has 0 aliphatic heterocycles. The zero-order valence-corrected chi connectivity index (χ0v) is 14.9. The zero-order chi connectivity index (χ0) is 17.6. The summed E-state index contributed by atoms with van der Waals surface area (Å²) in [4.78, 5) is 0. The lowest BCUT2D eigenvalue weighted by atomic mass is 10.1. The predicted octanol–water partition coefficient (Wildman–Crippen LogP) is 6.20. The van der Waals surface area contributed by atoms with Gasteiger partial charge in [0, 0.05) is 5.02 Å². The fraction of sp³-hybridized carbons (Fsp3) is 0.0952. The molecule has 0 spiro atoms. The molecule has 0 amide bonds. The molecular formula is C21H19ClN2O. The first kappa shape index (κ1) is 17.1. The Labute approximate surface area is 152 Å². The van der Waals surface area contributed by atoms with Crippen molar-refractivity contribution in [2.24, 2.45) is 5.10 Å². The van der Waals surface area contributed by atoms with Gasteiger partial charge in [-0.1, -0.05) is 29.8 Å². The van der Waals surface area contributed by atoms with Crippen LogP contribution in [0, 0.1) is 13.8 Å². The van der Waals surface area contributed by atoms with Crippen molar-refractivity contribution < 1.29 is 4.74 Å². The standard InChI is InChI=1S/C21H19ClN2O/c1-15-6-7-16(2)21(12-15)25-20-10-8-17(9-11-20)14-23-24-19-5-3-4-18(22)13-19/h3-14,24H,1-2H3. The molecule has 4 heteroatoms. The van der Waals surface area contributed by atoms with E-state index >= 15 is 0 Å². The van der Waals surface area contributed by atoms with Crippen molar-refractivity contribution >= 4 is 23.5 Å². The van der Waals surface area contributed by atoms with Crippen LogP contribution >= 0.6 is 11.6 Å². The highest BCUT2D eigenvalue weighted by Crippen LogP contribution is 2.26. The lowest BCUT2D eigenvalue weighted by molar-refractivity contribution is 0.478. The first-order valence-electron chi connectivity index (χ1n) is 8.00. The fourth-order valence-electron chi connectivity index (χ4n) is 2.31. The van der Waals surface area contributed by atoms with E-state index in [4.69, 9.17) is 16.3 Å². The molecular weight excluding hydrogens is 332 g/mol. The minimum atomic E-state index is 0.674. The first-order chi connectivity index (χ1) is 12.1. The van der Waals surface area contributed by atoms with Crippen LogP contribution < -0.4 is 10.2 Å². The van der Waals surface area contributed by atoms with E-state index < -0.39 is 0 Å². The Hall–Kier alpha value is -2.78. The topological polar surface area (TPSA) is 33.6 Å². The number of hydrazone groups is 1. The molecule has 0 saturated carbocycles. The molecule has 0 atom stereocenters. The largest absolute Gasteiger partial charge is 0.457 e. The molecule has 0 radical (unpaired) electrons. The molecule has 0 bridgehead atoms. The molecule has 0 aliphatic rings. The van der Waals surface area contributed by atoms with Crippen molar-refractivity contribution in [3.05, 3.63) is 88.4 Å². The highest BCUT2D eigenvalue weighted by Gasteiger charge is 2.02. The lowest BCUT2D eigenvalue weighted by Gasteiger charge is -2.09. The van der Waals surface area contributed by atoms with Gasteiger partial charge >= 0.3 is 0 Å². The number of halogens is 1. The second-order valence-electron chi connectivity index (χ2n) is 5.82. The summed E-state index contributed by atoms with van der Waals surface area (Å²) in [5.41, 5.74) is 7.07. The van der Waals surface area contributed by atoms with Gasteiger partial charge in [-0.2, -0.15) is 5.10 Å². The van der Waals surface area contributed by atoms with Gasteiger partial charge in [0.2, 0.25) is 0 Å². The maximum absolute atomic E-state index is 5.96. The van der Waals surface area contributed by atoms with Crippen LogP contribution in [-0.4, -0.2) is 6.21 Å². The molecule has 0 aromatic heterocycles. The van der Waals surface area contributed by atoms with Gasteiger partial charge in [-0.25, -0.2) is 0 Å². The summed E-state index contributed by atoms with van der Waals surface area (Å²) < 4.78 is 5.96. The molecule has 0 saturated heterocycles. The van der Waals surface area contributed by atoms with E-state index in [2.05, 4.69) is 29.6 Å². The number of hydrogen-bond acceptors (Lipinski definition) is 3. The molecule has 0 fully saturated rings. The van der Waals surface area contributed by atoms with Gasteiger partial charge in [0.05, 0.1) is 11.9 Å². The van der Waals surface area contributed by atoms with E-state index in [1.807, 2.05) is 61.5 Å². The third-order valence-corrected chi connectivity index (χ3v) is 3.92. The maximum Gasteiger partial charge on any atom is 0.130 e. The van der Waals surface area contributed by atoms with E-state index in [-0.39, 0.29) is 0 Å². The molecule has 3 rings (SSSR count). The molecule has 3 aromatic rings. The van der Waals surface area contributed by atoms with Gasteiger partial charge in [-0.15, -0.1) is 0 Å². The number of aryl methyl sites for hydroxylation is 2.